The molecule has 0 aromatic carbocycles. The highest BCUT2D eigenvalue weighted by molar-refractivity contribution is 6.74. The summed E-state index contributed by atoms with van der Waals surface area (Å²) < 4.78 is 12.0. The maximum atomic E-state index is 10.7. The number of aliphatic carboxylic acids is 1. The number of hydrogen-bond acceptors (Lipinski definition) is 3. The lowest BCUT2D eigenvalue weighted by molar-refractivity contribution is -0.131. The second-order valence-electron chi connectivity index (χ2n) is 6.61. The molecule has 0 bridgehead atoms. The predicted octanol–water partition coefficient (Wildman–Crippen LogP) is 2.97. The van der Waals surface area contributed by atoms with Crippen LogP contribution in [0.2, 0.25) is 18.1 Å². The van der Waals surface area contributed by atoms with Crippen LogP contribution in [-0.4, -0.2) is 37.7 Å². The number of carboxylic acids is 1. The van der Waals surface area contributed by atoms with E-state index in [1.54, 1.807) is 6.08 Å². The number of carbonyl (C=O) groups is 1. The van der Waals surface area contributed by atoms with Crippen molar-refractivity contribution in [1.29, 1.82) is 0 Å². The third-order valence-electron chi connectivity index (χ3n) is 3.93. The minimum Gasteiger partial charge on any atom is -0.478 e. The number of terminal acetylenes is 1. The van der Waals surface area contributed by atoms with Gasteiger partial charge in [-0.3, -0.25) is 0 Å². The highest BCUT2D eigenvalue weighted by atomic mass is 28.4. The van der Waals surface area contributed by atoms with E-state index in [0.717, 1.165) is 6.08 Å². The Morgan fingerprint density at radius 2 is 2.05 bits per heavy atom. The first-order chi connectivity index (χ1) is 9.56. The second kappa shape index (κ2) is 6.61. The Bertz CT molecular complexity index is 479. The highest BCUT2D eigenvalue weighted by Gasteiger charge is 2.41. The molecule has 0 fully saturated rings. The van der Waals surface area contributed by atoms with Crippen LogP contribution in [0.1, 0.15) is 20.8 Å². The van der Waals surface area contributed by atoms with Crippen molar-refractivity contribution in [3.05, 3.63) is 24.3 Å². The van der Waals surface area contributed by atoms with Crippen LogP contribution in [0.4, 0.5) is 0 Å². The van der Waals surface area contributed by atoms with Gasteiger partial charge in [-0.2, -0.15) is 0 Å². The van der Waals surface area contributed by atoms with E-state index >= 15 is 0 Å². The Kier molecular flexibility index (Phi) is 5.57. The molecule has 0 unspecified atom stereocenters. The molecule has 1 aliphatic rings. The van der Waals surface area contributed by atoms with Crippen LogP contribution in [0.3, 0.4) is 0 Å². The molecule has 0 amide bonds. The molecule has 0 spiro atoms. The Hall–Kier alpha value is -1.35. The quantitative estimate of drug-likeness (QED) is 0.375. The van der Waals surface area contributed by atoms with Crippen molar-refractivity contribution in [3.63, 3.8) is 0 Å². The molecule has 1 heterocycles. The smallest absolute Gasteiger partial charge is 0.328 e. The Labute approximate surface area is 128 Å². The topological polar surface area (TPSA) is 55.8 Å². The molecule has 21 heavy (non-hydrogen) atoms. The zero-order valence-electron chi connectivity index (χ0n) is 13.3. The summed E-state index contributed by atoms with van der Waals surface area (Å²) in [6, 6.07) is 0. The Morgan fingerprint density at radius 1 is 1.43 bits per heavy atom. The van der Waals surface area contributed by atoms with Gasteiger partial charge in [-0.25, -0.2) is 4.79 Å². The van der Waals surface area contributed by atoms with Gasteiger partial charge in [0.05, 0.1) is 6.10 Å². The van der Waals surface area contributed by atoms with Gasteiger partial charge < -0.3 is 14.3 Å². The normalized spacial score (nSPS) is 26.8. The molecule has 5 heteroatoms. The molecule has 1 rings (SSSR count). The maximum absolute atomic E-state index is 10.7. The molecule has 0 aromatic heterocycles. The second-order valence-corrected chi connectivity index (χ2v) is 11.4. The van der Waals surface area contributed by atoms with Crippen molar-refractivity contribution in [1.82, 2.24) is 0 Å². The Morgan fingerprint density at radius 3 is 2.52 bits per heavy atom. The summed E-state index contributed by atoms with van der Waals surface area (Å²) >= 11 is 0. The summed E-state index contributed by atoms with van der Waals surface area (Å²) in [5.74, 6) is 1.48. The van der Waals surface area contributed by atoms with E-state index in [0.29, 0.717) is 0 Å². The third-order valence-corrected chi connectivity index (χ3v) is 8.41. The van der Waals surface area contributed by atoms with Crippen LogP contribution in [-0.2, 0) is 14.0 Å². The lowest BCUT2D eigenvalue weighted by Crippen LogP contribution is -2.48. The lowest BCUT2D eigenvalue weighted by atomic mass is 10.1. The zero-order chi connectivity index (χ0) is 16.3. The monoisotopic (exact) mass is 308 g/mol. The molecule has 0 saturated carbocycles. The van der Waals surface area contributed by atoms with E-state index < -0.39 is 26.5 Å². The molecule has 3 atom stereocenters. The van der Waals surface area contributed by atoms with Gasteiger partial charge >= 0.3 is 5.97 Å². The van der Waals surface area contributed by atoms with Crippen molar-refractivity contribution in [2.24, 2.45) is 0 Å². The molecular formula is C16H24O4Si. The average molecular weight is 308 g/mol. The van der Waals surface area contributed by atoms with Crippen molar-refractivity contribution in [2.75, 3.05) is 0 Å². The van der Waals surface area contributed by atoms with E-state index in [1.165, 1.54) is 6.08 Å². The first-order valence-electron chi connectivity index (χ1n) is 6.95. The van der Waals surface area contributed by atoms with E-state index in [9.17, 15) is 4.79 Å². The first kappa shape index (κ1) is 17.7. The first-order valence-corrected chi connectivity index (χ1v) is 9.86. The molecule has 0 aromatic rings. The summed E-state index contributed by atoms with van der Waals surface area (Å²) in [6.45, 7) is 10.7. The SMILES string of the molecule is C#C[C@@H]1C=C[C@@H](O[Si](C)(C)C(C)(C)C)[C@@H](/C=C\C(=O)O)O1. The van der Waals surface area contributed by atoms with Crippen molar-refractivity contribution in [3.8, 4) is 12.3 Å². The van der Waals surface area contributed by atoms with E-state index in [-0.39, 0.29) is 11.1 Å². The van der Waals surface area contributed by atoms with Crippen LogP contribution in [0.15, 0.2) is 24.3 Å². The van der Waals surface area contributed by atoms with E-state index in [1.807, 2.05) is 6.08 Å². The predicted molar refractivity (Wildman–Crippen MR) is 85.5 cm³/mol. The van der Waals surface area contributed by atoms with Gasteiger partial charge in [0, 0.05) is 6.08 Å². The molecule has 116 valence electrons. The highest BCUT2D eigenvalue weighted by Crippen LogP contribution is 2.38. The minimum atomic E-state index is -1.99. The number of rotatable bonds is 4. The van der Waals surface area contributed by atoms with Gasteiger partial charge in [0.25, 0.3) is 0 Å². The van der Waals surface area contributed by atoms with Crippen LogP contribution < -0.4 is 0 Å². The summed E-state index contributed by atoms with van der Waals surface area (Å²) in [6.07, 6.45) is 10.3. The minimum absolute atomic E-state index is 0.0604. The van der Waals surface area contributed by atoms with E-state index in [2.05, 4.69) is 39.8 Å². The number of carboxylic acid groups (broad SMARTS) is 1. The fraction of sp³-hybridized carbons (Fsp3) is 0.562. The largest absolute Gasteiger partial charge is 0.478 e. The van der Waals surface area contributed by atoms with Crippen LogP contribution in [0.25, 0.3) is 0 Å². The van der Waals surface area contributed by atoms with Crippen molar-refractivity contribution < 1.29 is 19.1 Å². The summed E-state index contributed by atoms with van der Waals surface area (Å²) in [4.78, 5) is 10.7. The summed E-state index contributed by atoms with van der Waals surface area (Å²) in [5.41, 5.74) is 0. The van der Waals surface area contributed by atoms with Crippen LogP contribution in [0, 0.1) is 12.3 Å². The van der Waals surface area contributed by atoms with Crippen molar-refractivity contribution >= 4 is 14.3 Å². The van der Waals surface area contributed by atoms with Crippen LogP contribution in [0.5, 0.6) is 0 Å². The van der Waals surface area contributed by atoms with Gasteiger partial charge in [0.1, 0.15) is 12.2 Å². The number of hydrogen-bond donors (Lipinski definition) is 1. The van der Waals surface area contributed by atoms with Gasteiger partial charge in [-0.15, -0.1) is 6.42 Å². The average Bonchev–Trinajstić information content (AvgIpc) is 2.35. The van der Waals surface area contributed by atoms with E-state index in [4.69, 9.17) is 20.7 Å². The molecular weight excluding hydrogens is 284 g/mol. The molecule has 1 aliphatic heterocycles. The van der Waals surface area contributed by atoms with Gasteiger partial charge in [0.2, 0.25) is 0 Å². The van der Waals surface area contributed by atoms with Gasteiger partial charge in [-0.1, -0.05) is 32.8 Å². The third kappa shape index (κ3) is 4.85. The maximum Gasteiger partial charge on any atom is 0.328 e. The Balaban J connectivity index is 2.96. The molecule has 1 N–H and O–H groups in total. The zero-order valence-corrected chi connectivity index (χ0v) is 14.3. The summed E-state index contributed by atoms with van der Waals surface area (Å²) in [5, 5.41) is 8.84. The molecule has 0 radical (unpaired) electrons. The number of ether oxygens (including phenoxy) is 1. The molecule has 4 nitrogen and oxygen atoms in total. The molecule has 0 saturated heterocycles. The summed E-state index contributed by atoms with van der Waals surface area (Å²) in [7, 11) is -1.99. The fourth-order valence-electron chi connectivity index (χ4n) is 1.66. The van der Waals surface area contributed by atoms with Crippen LogP contribution >= 0.6 is 0 Å². The van der Waals surface area contributed by atoms with Crippen molar-refractivity contribution in [2.45, 2.75) is 57.2 Å². The van der Waals surface area contributed by atoms with Gasteiger partial charge in [0.15, 0.2) is 8.32 Å². The lowest BCUT2D eigenvalue weighted by Gasteiger charge is -2.41. The van der Waals surface area contributed by atoms with Gasteiger partial charge in [-0.05, 0) is 30.3 Å². The standard InChI is InChI=1S/C16H24O4Si/c1-7-12-8-9-14(13(19-12)10-11-15(17)18)20-21(5,6)16(2,3)4/h1,8-14H,2-6H3,(H,17,18)/b11-10-/t12-,13-,14-/m1/s1. The fourth-order valence-corrected chi connectivity index (χ4v) is 2.91. The molecule has 0 aliphatic carbocycles.